The normalized spacial score (nSPS) is 22.2. The van der Waals surface area contributed by atoms with Gasteiger partial charge in [-0.25, -0.2) is 4.31 Å². The highest BCUT2D eigenvalue weighted by atomic mass is 32.2. The van der Waals surface area contributed by atoms with E-state index in [1.54, 1.807) is 0 Å². The van der Waals surface area contributed by atoms with Crippen LogP contribution in [0.5, 0.6) is 0 Å². The first-order valence-corrected chi connectivity index (χ1v) is 6.77. The molecule has 1 atom stereocenters. The summed E-state index contributed by atoms with van der Waals surface area (Å²) in [4.78, 5) is 2.41. The molecule has 0 radical (unpaired) electrons. The molecule has 1 aliphatic heterocycles. The third-order valence-electron chi connectivity index (χ3n) is 2.83. The second kappa shape index (κ2) is 6.74. The average Bonchev–Trinajstić information content (AvgIpc) is 2.21. The zero-order valence-electron chi connectivity index (χ0n) is 10.1. The van der Waals surface area contributed by atoms with E-state index in [-0.39, 0.29) is 0 Å². The third-order valence-corrected chi connectivity index (χ3v) is 3.92. The van der Waals surface area contributed by atoms with Crippen LogP contribution in [-0.4, -0.2) is 58.4 Å². The van der Waals surface area contributed by atoms with E-state index in [1.165, 1.54) is 0 Å². The predicted molar refractivity (Wildman–Crippen MR) is 67.0 cm³/mol. The van der Waals surface area contributed by atoms with Crippen molar-refractivity contribution >= 4 is 11.9 Å². The van der Waals surface area contributed by atoms with Crippen molar-refractivity contribution < 1.29 is 5.11 Å². The van der Waals surface area contributed by atoms with Crippen molar-refractivity contribution in [3.05, 3.63) is 0 Å². The van der Waals surface area contributed by atoms with Crippen molar-refractivity contribution in [2.75, 3.05) is 32.8 Å². The molecule has 1 rings (SSSR count). The Morgan fingerprint density at radius 3 is 2.20 bits per heavy atom. The Labute approximate surface area is 98.0 Å². The number of aliphatic hydroxyl groups excluding tert-OH is 1. The summed E-state index contributed by atoms with van der Waals surface area (Å²) in [5.41, 5.74) is 0. The fourth-order valence-electron chi connectivity index (χ4n) is 1.98. The van der Waals surface area contributed by atoms with E-state index in [9.17, 15) is 5.11 Å². The van der Waals surface area contributed by atoms with E-state index in [2.05, 4.69) is 30.0 Å². The zero-order valence-corrected chi connectivity index (χ0v) is 11.0. The van der Waals surface area contributed by atoms with Crippen LogP contribution in [0.4, 0.5) is 0 Å². The Bertz CT molecular complexity index is 166. The maximum Gasteiger partial charge on any atom is 0.0586 e. The van der Waals surface area contributed by atoms with Gasteiger partial charge in [-0.05, 0) is 6.42 Å². The Morgan fingerprint density at radius 1 is 1.20 bits per heavy atom. The van der Waals surface area contributed by atoms with Crippen LogP contribution in [-0.2, 0) is 0 Å². The monoisotopic (exact) mass is 232 g/mol. The molecule has 1 aliphatic rings. The van der Waals surface area contributed by atoms with Crippen molar-refractivity contribution in [2.45, 2.75) is 38.5 Å². The SMILES string of the molecule is CCC(CO)N1CCN(SC(C)C)CC1. The molecule has 0 bridgehead atoms. The van der Waals surface area contributed by atoms with Gasteiger partial charge >= 0.3 is 0 Å². The Hall–Kier alpha value is 0.230. The van der Waals surface area contributed by atoms with Gasteiger partial charge in [0.2, 0.25) is 0 Å². The van der Waals surface area contributed by atoms with E-state index < -0.39 is 0 Å². The van der Waals surface area contributed by atoms with Crippen molar-refractivity contribution in [2.24, 2.45) is 0 Å². The lowest BCUT2D eigenvalue weighted by Gasteiger charge is -2.38. The highest BCUT2D eigenvalue weighted by molar-refractivity contribution is 7.97. The molecule has 15 heavy (non-hydrogen) atoms. The van der Waals surface area contributed by atoms with Crippen molar-refractivity contribution in [1.29, 1.82) is 0 Å². The lowest BCUT2D eigenvalue weighted by Crippen LogP contribution is -2.49. The maximum atomic E-state index is 9.23. The summed E-state index contributed by atoms with van der Waals surface area (Å²) in [7, 11) is 0. The van der Waals surface area contributed by atoms with E-state index >= 15 is 0 Å². The molecule has 1 fully saturated rings. The third kappa shape index (κ3) is 4.31. The maximum absolute atomic E-state index is 9.23. The summed E-state index contributed by atoms with van der Waals surface area (Å²) in [5, 5.41) is 9.91. The van der Waals surface area contributed by atoms with Gasteiger partial charge in [0.05, 0.1) is 6.61 Å². The molecule has 0 spiro atoms. The van der Waals surface area contributed by atoms with E-state index in [0.29, 0.717) is 17.9 Å². The zero-order chi connectivity index (χ0) is 11.3. The first-order chi connectivity index (χ1) is 7.17. The molecule has 90 valence electrons. The van der Waals surface area contributed by atoms with E-state index in [4.69, 9.17) is 0 Å². The first kappa shape index (κ1) is 13.3. The van der Waals surface area contributed by atoms with Crippen molar-refractivity contribution in [3.8, 4) is 0 Å². The molecule has 3 nitrogen and oxygen atoms in total. The summed E-state index contributed by atoms with van der Waals surface area (Å²) in [5.74, 6) is 0. The molecule has 0 amide bonds. The number of piperazine rings is 1. The molecule has 0 saturated carbocycles. The van der Waals surface area contributed by atoms with Crippen LogP contribution in [0.3, 0.4) is 0 Å². The van der Waals surface area contributed by atoms with Crippen LogP contribution in [0.25, 0.3) is 0 Å². The fourth-order valence-corrected chi connectivity index (χ4v) is 2.95. The van der Waals surface area contributed by atoms with Crippen LogP contribution in [0.2, 0.25) is 0 Å². The minimum atomic E-state index is 0.299. The molecule has 1 unspecified atom stereocenters. The minimum absolute atomic E-state index is 0.299. The standard InChI is InChI=1S/C11H24N2OS/c1-4-11(9-14)12-5-7-13(8-6-12)15-10(2)3/h10-11,14H,4-9H2,1-3H3. The highest BCUT2D eigenvalue weighted by Gasteiger charge is 2.22. The molecule has 4 heteroatoms. The Kier molecular flexibility index (Phi) is 5.97. The molecule has 1 saturated heterocycles. The first-order valence-electron chi connectivity index (χ1n) is 5.94. The van der Waals surface area contributed by atoms with Gasteiger partial charge in [0.1, 0.15) is 0 Å². The fraction of sp³-hybridized carbons (Fsp3) is 1.00. The second-order valence-corrected chi connectivity index (χ2v) is 6.03. The van der Waals surface area contributed by atoms with Crippen LogP contribution >= 0.6 is 11.9 Å². The largest absolute Gasteiger partial charge is 0.395 e. The van der Waals surface area contributed by atoms with Gasteiger partial charge in [-0.2, -0.15) is 0 Å². The minimum Gasteiger partial charge on any atom is -0.395 e. The quantitative estimate of drug-likeness (QED) is 0.726. The summed E-state index contributed by atoms with van der Waals surface area (Å²) < 4.78 is 2.45. The molecule has 0 aromatic rings. The van der Waals surface area contributed by atoms with Gasteiger partial charge in [0.25, 0.3) is 0 Å². The van der Waals surface area contributed by atoms with E-state index in [0.717, 1.165) is 32.6 Å². The van der Waals surface area contributed by atoms with Crippen LogP contribution in [0, 0.1) is 0 Å². The van der Waals surface area contributed by atoms with Gasteiger partial charge in [-0.15, -0.1) is 0 Å². The number of aliphatic hydroxyl groups is 1. The van der Waals surface area contributed by atoms with Gasteiger partial charge < -0.3 is 5.11 Å². The van der Waals surface area contributed by atoms with Crippen LogP contribution in [0.15, 0.2) is 0 Å². The summed E-state index contributed by atoms with van der Waals surface area (Å²) >= 11 is 1.95. The van der Waals surface area contributed by atoms with Gasteiger partial charge in [0, 0.05) is 37.5 Å². The van der Waals surface area contributed by atoms with Gasteiger partial charge in [-0.3, -0.25) is 4.90 Å². The second-order valence-electron chi connectivity index (χ2n) is 4.36. The van der Waals surface area contributed by atoms with Gasteiger partial charge in [-0.1, -0.05) is 32.7 Å². The molecule has 1 N–H and O–H groups in total. The molecule has 0 aliphatic carbocycles. The molecule has 1 heterocycles. The Morgan fingerprint density at radius 2 is 1.80 bits per heavy atom. The summed E-state index contributed by atoms with van der Waals surface area (Å²) in [6.45, 7) is 11.4. The van der Waals surface area contributed by atoms with Gasteiger partial charge in [0.15, 0.2) is 0 Å². The summed E-state index contributed by atoms with van der Waals surface area (Å²) in [6, 6.07) is 0.371. The average molecular weight is 232 g/mol. The molecular formula is C11H24N2OS. The molecular weight excluding hydrogens is 208 g/mol. The van der Waals surface area contributed by atoms with Crippen LogP contribution in [0.1, 0.15) is 27.2 Å². The number of hydrogen-bond acceptors (Lipinski definition) is 4. The molecule has 0 aromatic heterocycles. The van der Waals surface area contributed by atoms with Crippen molar-refractivity contribution in [3.63, 3.8) is 0 Å². The highest BCUT2D eigenvalue weighted by Crippen LogP contribution is 2.19. The smallest absolute Gasteiger partial charge is 0.0586 e. The summed E-state index contributed by atoms with van der Waals surface area (Å²) in [6.07, 6.45) is 1.05. The molecule has 0 aromatic carbocycles. The Balaban J connectivity index is 2.28. The van der Waals surface area contributed by atoms with Crippen molar-refractivity contribution in [1.82, 2.24) is 9.21 Å². The van der Waals surface area contributed by atoms with E-state index in [1.807, 2.05) is 11.9 Å². The topological polar surface area (TPSA) is 26.7 Å². The number of rotatable bonds is 5. The van der Waals surface area contributed by atoms with Crippen LogP contribution < -0.4 is 0 Å². The number of hydrogen-bond donors (Lipinski definition) is 1. The number of nitrogens with zero attached hydrogens (tertiary/aromatic N) is 2. The lowest BCUT2D eigenvalue weighted by atomic mass is 10.2. The predicted octanol–water partition coefficient (Wildman–Crippen LogP) is 1.43. The lowest BCUT2D eigenvalue weighted by molar-refractivity contribution is 0.0905.